The van der Waals surface area contributed by atoms with Crippen LogP contribution in [-0.2, 0) is 6.54 Å². The second kappa shape index (κ2) is 10.7. The zero-order valence-corrected chi connectivity index (χ0v) is 17.3. The molecule has 1 aromatic carbocycles. The lowest BCUT2D eigenvalue weighted by Crippen LogP contribution is -2.34. The van der Waals surface area contributed by atoms with E-state index in [1.807, 2.05) is 11.4 Å². The molecule has 1 aliphatic heterocycles. The number of benzene rings is 1. The first kappa shape index (κ1) is 21.0. The normalized spacial score (nSPS) is 15.7. The number of thiazole rings is 1. The molecule has 0 radical (unpaired) electrons. The van der Waals surface area contributed by atoms with Gasteiger partial charge in [0, 0.05) is 30.3 Å². The number of ether oxygens (including phenoxy) is 1. The van der Waals surface area contributed by atoms with Gasteiger partial charge in [-0.15, -0.1) is 11.3 Å². The molecule has 1 aromatic heterocycles. The van der Waals surface area contributed by atoms with Crippen LogP contribution in [0, 0.1) is 11.7 Å². The second-order valence-corrected chi connectivity index (χ2v) is 8.23. The highest BCUT2D eigenvalue weighted by atomic mass is 32.1. The lowest BCUT2D eigenvalue weighted by molar-refractivity contribution is 0.126. The Bertz CT molecular complexity index is 732. The van der Waals surface area contributed by atoms with Gasteiger partial charge >= 0.3 is 0 Å². The van der Waals surface area contributed by atoms with Crippen LogP contribution in [0.2, 0.25) is 0 Å². The molecular formula is C21H30FN3O2S. The summed E-state index contributed by atoms with van der Waals surface area (Å²) in [6.07, 6.45) is 5.23. The Labute approximate surface area is 170 Å². The Balaban J connectivity index is 1.50. The van der Waals surface area contributed by atoms with Crippen molar-refractivity contribution >= 4 is 22.2 Å². The van der Waals surface area contributed by atoms with Crippen molar-refractivity contribution in [1.82, 2.24) is 9.88 Å². The van der Waals surface area contributed by atoms with E-state index >= 15 is 0 Å². The number of aliphatic hydroxyl groups excluding tert-OH is 1. The van der Waals surface area contributed by atoms with Crippen molar-refractivity contribution in [3.63, 3.8) is 0 Å². The molecule has 7 heteroatoms. The number of hydrogen-bond acceptors (Lipinski definition) is 6. The van der Waals surface area contributed by atoms with E-state index in [2.05, 4.69) is 22.1 Å². The van der Waals surface area contributed by atoms with Crippen LogP contribution in [0.5, 0.6) is 5.75 Å². The molecule has 0 spiro atoms. The molecule has 2 N–H and O–H groups in total. The molecule has 1 aliphatic rings. The Hall–Kier alpha value is -1.70. The van der Waals surface area contributed by atoms with Crippen LogP contribution in [0.25, 0.3) is 0 Å². The van der Waals surface area contributed by atoms with Gasteiger partial charge in [-0.05, 0) is 50.4 Å². The van der Waals surface area contributed by atoms with Gasteiger partial charge in [0.2, 0.25) is 0 Å². The number of unbranched alkanes of at least 4 members (excludes halogenated alkanes) is 2. The summed E-state index contributed by atoms with van der Waals surface area (Å²) in [5.74, 6) is 0.384. The van der Waals surface area contributed by atoms with E-state index in [9.17, 15) is 9.50 Å². The van der Waals surface area contributed by atoms with Crippen LogP contribution in [0.1, 0.15) is 44.7 Å². The molecule has 2 aromatic rings. The van der Waals surface area contributed by atoms with Crippen LogP contribution in [0.4, 0.5) is 15.2 Å². The van der Waals surface area contributed by atoms with Gasteiger partial charge in [0.05, 0.1) is 12.3 Å². The number of nitrogens with zero attached hydrogens (tertiary/aromatic N) is 2. The highest BCUT2D eigenvalue weighted by Gasteiger charge is 2.19. The SMILES string of the molecule is CCCCCOc1ccc(Nc2nc(CN3CCC(CO)CC3)cs2)cc1F. The van der Waals surface area contributed by atoms with Gasteiger partial charge in [-0.2, -0.15) is 0 Å². The average Bonchev–Trinajstić information content (AvgIpc) is 3.14. The van der Waals surface area contributed by atoms with Crippen LogP contribution in [0.3, 0.4) is 0 Å². The van der Waals surface area contributed by atoms with Crippen LogP contribution in [-0.4, -0.2) is 41.3 Å². The zero-order chi connectivity index (χ0) is 19.8. The van der Waals surface area contributed by atoms with Gasteiger partial charge < -0.3 is 15.2 Å². The highest BCUT2D eigenvalue weighted by Crippen LogP contribution is 2.26. The molecule has 3 rings (SSSR count). The van der Waals surface area contributed by atoms with E-state index < -0.39 is 0 Å². The first-order valence-corrected chi connectivity index (χ1v) is 11.0. The number of halogens is 1. The van der Waals surface area contributed by atoms with E-state index in [1.54, 1.807) is 6.07 Å². The molecule has 0 aliphatic carbocycles. The fourth-order valence-electron chi connectivity index (χ4n) is 3.35. The van der Waals surface area contributed by atoms with Gasteiger partial charge in [0.1, 0.15) is 0 Å². The predicted octanol–water partition coefficient (Wildman–Crippen LogP) is 4.80. The molecule has 2 heterocycles. The van der Waals surface area contributed by atoms with Gasteiger partial charge in [0.25, 0.3) is 0 Å². The molecule has 0 unspecified atom stereocenters. The quantitative estimate of drug-likeness (QED) is 0.554. The molecule has 5 nitrogen and oxygen atoms in total. The monoisotopic (exact) mass is 407 g/mol. The van der Waals surface area contributed by atoms with E-state index in [4.69, 9.17) is 4.74 Å². The van der Waals surface area contributed by atoms with Crippen molar-refractivity contribution in [2.45, 2.75) is 45.6 Å². The van der Waals surface area contributed by atoms with Crippen molar-refractivity contribution < 1.29 is 14.2 Å². The summed E-state index contributed by atoms with van der Waals surface area (Å²) in [5.41, 5.74) is 1.69. The van der Waals surface area contributed by atoms with E-state index in [1.165, 1.54) is 17.4 Å². The minimum absolute atomic E-state index is 0.289. The Morgan fingerprint density at radius 1 is 1.32 bits per heavy atom. The summed E-state index contributed by atoms with van der Waals surface area (Å²) in [5, 5.41) is 15.2. The Kier molecular flexibility index (Phi) is 8.06. The molecular weight excluding hydrogens is 377 g/mol. The van der Waals surface area contributed by atoms with Crippen molar-refractivity contribution in [3.05, 3.63) is 35.1 Å². The number of anilines is 2. The van der Waals surface area contributed by atoms with E-state index in [-0.39, 0.29) is 12.4 Å². The number of piperidine rings is 1. The Morgan fingerprint density at radius 3 is 2.86 bits per heavy atom. The number of aliphatic hydroxyl groups is 1. The van der Waals surface area contributed by atoms with Crippen molar-refractivity contribution in [2.75, 3.05) is 31.6 Å². The Morgan fingerprint density at radius 2 is 2.14 bits per heavy atom. The minimum atomic E-state index is -0.356. The van der Waals surface area contributed by atoms with Gasteiger partial charge in [-0.25, -0.2) is 9.37 Å². The maximum absolute atomic E-state index is 14.2. The first-order valence-electron chi connectivity index (χ1n) is 10.1. The number of nitrogens with one attached hydrogen (secondary N) is 1. The summed E-state index contributed by atoms with van der Waals surface area (Å²) < 4.78 is 19.7. The molecule has 28 heavy (non-hydrogen) atoms. The largest absolute Gasteiger partial charge is 0.491 e. The summed E-state index contributed by atoms with van der Waals surface area (Å²) in [6, 6.07) is 4.94. The van der Waals surface area contributed by atoms with Crippen LogP contribution in [0.15, 0.2) is 23.6 Å². The third kappa shape index (κ3) is 6.15. The van der Waals surface area contributed by atoms with Crippen molar-refractivity contribution in [3.8, 4) is 5.75 Å². The first-order chi connectivity index (χ1) is 13.7. The van der Waals surface area contributed by atoms with E-state index in [0.29, 0.717) is 24.0 Å². The highest BCUT2D eigenvalue weighted by molar-refractivity contribution is 7.13. The zero-order valence-electron chi connectivity index (χ0n) is 16.5. The third-order valence-corrected chi connectivity index (χ3v) is 5.90. The molecule has 1 saturated heterocycles. The fourth-order valence-corrected chi connectivity index (χ4v) is 4.07. The molecule has 0 bridgehead atoms. The summed E-state index contributed by atoms with van der Waals surface area (Å²) >= 11 is 1.52. The van der Waals surface area contributed by atoms with Crippen LogP contribution >= 0.6 is 11.3 Å². The second-order valence-electron chi connectivity index (χ2n) is 7.37. The van der Waals surface area contributed by atoms with E-state index in [0.717, 1.165) is 62.6 Å². The topological polar surface area (TPSA) is 57.6 Å². The molecule has 0 saturated carbocycles. The van der Waals surface area contributed by atoms with Gasteiger partial charge in [-0.3, -0.25) is 4.90 Å². The molecule has 0 amide bonds. The molecule has 0 atom stereocenters. The molecule has 154 valence electrons. The lowest BCUT2D eigenvalue weighted by atomic mass is 9.98. The van der Waals surface area contributed by atoms with Crippen LogP contribution < -0.4 is 10.1 Å². The maximum Gasteiger partial charge on any atom is 0.187 e. The maximum atomic E-state index is 14.2. The van der Waals surface area contributed by atoms with Gasteiger partial charge in [0.15, 0.2) is 16.7 Å². The standard InChI is InChI=1S/C21H30FN3O2S/c1-2-3-4-11-27-20-6-5-17(12-19(20)22)23-21-24-18(15-28-21)13-25-9-7-16(14-26)8-10-25/h5-6,12,15-16,26H,2-4,7-11,13-14H2,1H3,(H,23,24). The number of aromatic nitrogens is 1. The number of hydrogen-bond donors (Lipinski definition) is 2. The number of likely N-dealkylation sites (tertiary alicyclic amines) is 1. The molecule has 1 fully saturated rings. The lowest BCUT2D eigenvalue weighted by Gasteiger charge is -2.30. The summed E-state index contributed by atoms with van der Waals surface area (Å²) in [4.78, 5) is 6.99. The summed E-state index contributed by atoms with van der Waals surface area (Å²) in [7, 11) is 0. The van der Waals surface area contributed by atoms with Gasteiger partial charge in [-0.1, -0.05) is 19.8 Å². The summed E-state index contributed by atoms with van der Waals surface area (Å²) in [6.45, 7) is 5.77. The average molecular weight is 408 g/mol. The fraction of sp³-hybridized carbons (Fsp3) is 0.571. The minimum Gasteiger partial charge on any atom is -0.491 e. The third-order valence-electron chi connectivity index (χ3n) is 5.09. The van der Waals surface area contributed by atoms with Crippen molar-refractivity contribution in [1.29, 1.82) is 0 Å². The van der Waals surface area contributed by atoms with Crippen molar-refractivity contribution in [2.24, 2.45) is 5.92 Å². The smallest absolute Gasteiger partial charge is 0.187 e. The predicted molar refractivity (Wildman–Crippen MR) is 112 cm³/mol. The number of rotatable bonds is 10.